The summed E-state index contributed by atoms with van der Waals surface area (Å²) in [6.45, 7) is 0. The Kier molecular flexibility index (Phi) is 3.06. The van der Waals surface area contributed by atoms with Crippen molar-refractivity contribution in [2.75, 3.05) is 0 Å². The SMILES string of the molecule is O=C(O)c1ccc(C=C2Cc3c(O)cccc3C2=O)cc1. The number of ketones is 1. The quantitative estimate of drug-likeness (QED) is 0.829. The third kappa shape index (κ3) is 2.31. The molecule has 4 nitrogen and oxygen atoms in total. The lowest BCUT2D eigenvalue weighted by Crippen LogP contribution is -1.96. The lowest BCUT2D eigenvalue weighted by molar-refractivity contribution is 0.0696. The van der Waals surface area contributed by atoms with E-state index in [9.17, 15) is 14.7 Å². The second kappa shape index (κ2) is 4.90. The van der Waals surface area contributed by atoms with Crippen LogP contribution in [0, 0.1) is 0 Å². The van der Waals surface area contributed by atoms with Gasteiger partial charge in [-0.1, -0.05) is 24.3 Å². The van der Waals surface area contributed by atoms with Gasteiger partial charge in [0.15, 0.2) is 5.78 Å². The summed E-state index contributed by atoms with van der Waals surface area (Å²) in [5.74, 6) is -0.947. The van der Waals surface area contributed by atoms with E-state index in [1.807, 2.05) is 0 Å². The highest BCUT2D eigenvalue weighted by Crippen LogP contribution is 2.33. The van der Waals surface area contributed by atoms with E-state index < -0.39 is 5.97 Å². The summed E-state index contributed by atoms with van der Waals surface area (Å²) in [7, 11) is 0. The first-order chi connectivity index (χ1) is 10.1. The molecular weight excluding hydrogens is 268 g/mol. The molecule has 21 heavy (non-hydrogen) atoms. The van der Waals surface area contributed by atoms with Gasteiger partial charge in [0.25, 0.3) is 0 Å². The molecule has 0 atom stereocenters. The molecule has 0 fully saturated rings. The van der Waals surface area contributed by atoms with Crippen molar-refractivity contribution in [2.24, 2.45) is 0 Å². The molecule has 0 bridgehead atoms. The van der Waals surface area contributed by atoms with Crippen LogP contribution in [0.2, 0.25) is 0 Å². The van der Waals surface area contributed by atoms with Crippen LogP contribution in [0.4, 0.5) is 0 Å². The molecule has 0 saturated carbocycles. The number of phenolic OH excluding ortho intramolecular Hbond substituents is 1. The number of aromatic carboxylic acids is 1. The first-order valence-corrected chi connectivity index (χ1v) is 6.46. The number of hydrogen-bond donors (Lipinski definition) is 2. The van der Waals surface area contributed by atoms with Crippen LogP contribution in [0.3, 0.4) is 0 Å². The molecule has 104 valence electrons. The van der Waals surface area contributed by atoms with Crippen LogP contribution in [-0.2, 0) is 6.42 Å². The molecule has 3 rings (SSSR count). The maximum Gasteiger partial charge on any atom is 0.335 e. The highest BCUT2D eigenvalue weighted by Gasteiger charge is 2.26. The predicted octanol–water partition coefficient (Wildman–Crippen LogP) is 2.91. The highest BCUT2D eigenvalue weighted by atomic mass is 16.4. The summed E-state index contributed by atoms with van der Waals surface area (Å²) in [6, 6.07) is 11.2. The number of Topliss-reactive ketones (excluding diaryl/α,β-unsaturated/α-hetero) is 1. The maximum atomic E-state index is 12.3. The van der Waals surface area contributed by atoms with Crippen molar-refractivity contribution in [2.45, 2.75) is 6.42 Å². The molecule has 0 saturated heterocycles. The Hall–Kier alpha value is -2.88. The minimum Gasteiger partial charge on any atom is -0.508 e. The summed E-state index contributed by atoms with van der Waals surface area (Å²) in [6.07, 6.45) is 2.12. The van der Waals surface area contributed by atoms with Gasteiger partial charge in [-0.3, -0.25) is 4.79 Å². The van der Waals surface area contributed by atoms with Crippen LogP contribution in [0.25, 0.3) is 6.08 Å². The predicted molar refractivity (Wildman–Crippen MR) is 77.5 cm³/mol. The fraction of sp³-hybridized carbons (Fsp3) is 0.0588. The van der Waals surface area contributed by atoms with Gasteiger partial charge in [-0.15, -0.1) is 0 Å². The third-order valence-corrected chi connectivity index (χ3v) is 3.55. The number of benzene rings is 2. The smallest absolute Gasteiger partial charge is 0.335 e. The number of fused-ring (bicyclic) bond motifs is 1. The second-order valence-electron chi connectivity index (χ2n) is 4.91. The molecule has 0 radical (unpaired) electrons. The zero-order valence-electron chi connectivity index (χ0n) is 11.0. The molecule has 2 N–H and O–H groups in total. The van der Waals surface area contributed by atoms with Crippen molar-refractivity contribution in [1.29, 1.82) is 0 Å². The third-order valence-electron chi connectivity index (χ3n) is 3.55. The number of phenols is 1. The Morgan fingerprint density at radius 2 is 1.81 bits per heavy atom. The molecule has 1 aliphatic rings. The summed E-state index contributed by atoms with van der Waals surface area (Å²) < 4.78 is 0. The van der Waals surface area contributed by atoms with Gasteiger partial charge in [-0.2, -0.15) is 0 Å². The number of carbonyl (C=O) groups excluding carboxylic acids is 1. The van der Waals surface area contributed by atoms with E-state index in [-0.39, 0.29) is 17.1 Å². The van der Waals surface area contributed by atoms with E-state index >= 15 is 0 Å². The number of allylic oxidation sites excluding steroid dienone is 1. The molecule has 2 aromatic rings. The van der Waals surface area contributed by atoms with Crippen molar-refractivity contribution in [1.82, 2.24) is 0 Å². The summed E-state index contributed by atoms with van der Waals surface area (Å²) in [5, 5.41) is 18.6. The van der Waals surface area contributed by atoms with Crippen LogP contribution in [0.5, 0.6) is 5.75 Å². The lowest BCUT2D eigenvalue weighted by atomic mass is 10.1. The van der Waals surface area contributed by atoms with Gasteiger partial charge in [0, 0.05) is 23.1 Å². The zero-order valence-corrected chi connectivity index (χ0v) is 11.0. The van der Waals surface area contributed by atoms with Crippen molar-refractivity contribution >= 4 is 17.8 Å². The van der Waals surface area contributed by atoms with E-state index in [1.54, 1.807) is 36.4 Å². The number of carbonyl (C=O) groups is 2. The number of carboxylic acid groups (broad SMARTS) is 1. The Labute approximate surface area is 121 Å². The van der Waals surface area contributed by atoms with Crippen molar-refractivity contribution < 1.29 is 19.8 Å². The minimum absolute atomic E-state index is 0.0942. The van der Waals surface area contributed by atoms with E-state index in [0.717, 1.165) is 5.56 Å². The minimum atomic E-state index is -0.983. The largest absolute Gasteiger partial charge is 0.508 e. The van der Waals surface area contributed by atoms with Gasteiger partial charge >= 0.3 is 5.97 Å². The monoisotopic (exact) mass is 280 g/mol. The molecule has 4 heteroatoms. The van der Waals surface area contributed by atoms with Crippen LogP contribution in [0.1, 0.15) is 31.8 Å². The standard InChI is InChI=1S/C17H12O4/c18-15-3-1-2-13-14(15)9-12(16(13)19)8-10-4-6-11(7-5-10)17(20)21/h1-8,18H,9H2,(H,20,21). The van der Waals surface area contributed by atoms with Gasteiger partial charge in [-0.25, -0.2) is 4.79 Å². The van der Waals surface area contributed by atoms with Crippen molar-refractivity contribution in [3.8, 4) is 5.75 Å². The Bertz CT molecular complexity index is 770. The van der Waals surface area contributed by atoms with Crippen molar-refractivity contribution in [3.63, 3.8) is 0 Å². The molecule has 0 amide bonds. The fourth-order valence-corrected chi connectivity index (χ4v) is 2.46. The van der Waals surface area contributed by atoms with Gasteiger partial charge < -0.3 is 10.2 Å². The average molecular weight is 280 g/mol. The fourth-order valence-electron chi connectivity index (χ4n) is 2.46. The molecule has 1 aliphatic carbocycles. The van der Waals surface area contributed by atoms with Gasteiger partial charge in [-0.05, 0) is 29.8 Å². The topological polar surface area (TPSA) is 74.6 Å². The number of rotatable bonds is 2. The van der Waals surface area contributed by atoms with Crippen LogP contribution in [0.15, 0.2) is 48.0 Å². The Morgan fingerprint density at radius 1 is 1.10 bits per heavy atom. The van der Waals surface area contributed by atoms with E-state index in [4.69, 9.17) is 5.11 Å². The number of carboxylic acids is 1. The molecule has 0 unspecified atom stereocenters. The average Bonchev–Trinajstić information content (AvgIpc) is 2.78. The summed E-state index contributed by atoms with van der Waals surface area (Å²) >= 11 is 0. The number of hydrogen-bond acceptors (Lipinski definition) is 3. The van der Waals surface area contributed by atoms with E-state index in [1.165, 1.54) is 12.1 Å². The Morgan fingerprint density at radius 3 is 2.43 bits per heavy atom. The van der Waals surface area contributed by atoms with Gasteiger partial charge in [0.1, 0.15) is 5.75 Å². The second-order valence-corrected chi connectivity index (χ2v) is 4.91. The van der Waals surface area contributed by atoms with Crippen LogP contribution >= 0.6 is 0 Å². The first-order valence-electron chi connectivity index (χ1n) is 6.46. The van der Waals surface area contributed by atoms with Crippen molar-refractivity contribution in [3.05, 3.63) is 70.3 Å². The lowest BCUT2D eigenvalue weighted by Gasteiger charge is -1.98. The highest BCUT2D eigenvalue weighted by molar-refractivity contribution is 6.16. The first kappa shape index (κ1) is 13.1. The normalized spacial score (nSPS) is 15.2. The van der Waals surface area contributed by atoms with Gasteiger partial charge in [0.05, 0.1) is 5.56 Å². The summed E-state index contributed by atoms with van der Waals surface area (Å²) in [4.78, 5) is 23.1. The molecular formula is C17H12O4. The summed E-state index contributed by atoms with van der Waals surface area (Å²) in [5.41, 5.74) is 2.74. The van der Waals surface area contributed by atoms with Crippen LogP contribution in [-0.4, -0.2) is 22.0 Å². The molecule has 0 aromatic heterocycles. The molecule has 0 spiro atoms. The molecule has 2 aromatic carbocycles. The Balaban J connectivity index is 1.94. The maximum absolute atomic E-state index is 12.3. The van der Waals surface area contributed by atoms with E-state index in [0.29, 0.717) is 23.1 Å². The zero-order chi connectivity index (χ0) is 15.0. The van der Waals surface area contributed by atoms with Gasteiger partial charge in [0.2, 0.25) is 0 Å². The molecule has 0 heterocycles. The number of aromatic hydroxyl groups is 1. The van der Waals surface area contributed by atoms with Crippen LogP contribution < -0.4 is 0 Å². The van der Waals surface area contributed by atoms with E-state index in [2.05, 4.69) is 0 Å². The molecule has 0 aliphatic heterocycles.